The highest BCUT2D eigenvalue weighted by Gasteiger charge is 2.32. The first-order valence-corrected chi connectivity index (χ1v) is 7.08. The van der Waals surface area contributed by atoms with E-state index in [0.717, 1.165) is 15.9 Å². The number of rotatable bonds is 4. The van der Waals surface area contributed by atoms with Crippen LogP contribution in [0.2, 0.25) is 0 Å². The van der Waals surface area contributed by atoms with Gasteiger partial charge in [-0.1, -0.05) is 0 Å². The normalized spacial score (nSPS) is 11.6. The fourth-order valence-corrected chi connectivity index (χ4v) is 2.66. The van der Waals surface area contributed by atoms with Crippen molar-refractivity contribution in [3.8, 4) is 0 Å². The molecule has 0 aliphatic heterocycles. The third-order valence-electron chi connectivity index (χ3n) is 3.12. The number of carbonyl (C=O) groups is 2. The monoisotopic (exact) mass is 310 g/mol. The lowest BCUT2D eigenvalue weighted by Gasteiger charge is -2.21. The molecule has 0 atom stereocenters. The maximum atomic E-state index is 12.5. The van der Waals surface area contributed by atoms with Gasteiger partial charge in [-0.3, -0.25) is 9.36 Å². The van der Waals surface area contributed by atoms with Crippen molar-refractivity contribution in [3.63, 3.8) is 0 Å². The van der Waals surface area contributed by atoms with E-state index in [0.29, 0.717) is 4.83 Å². The molecule has 21 heavy (non-hydrogen) atoms. The number of carboxylic acid groups (broad SMARTS) is 1. The fourth-order valence-electron chi connectivity index (χ4n) is 1.79. The van der Waals surface area contributed by atoms with Crippen molar-refractivity contribution in [2.45, 2.75) is 26.3 Å². The van der Waals surface area contributed by atoms with Crippen LogP contribution >= 0.6 is 11.3 Å². The van der Waals surface area contributed by atoms with Crippen molar-refractivity contribution in [1.29, 1.82) is 0 Å². The van der Waals surface area contributed by atoms with Crippen LogP contribution in [0, 0.1) is 0 Å². The van der Waals surface area contributed by atoms with Gasteiger partial charge in [0, 0.05) is 5.38 Å². The van der Waals surface area contributed by atoms with Crippen molar-refractivity contribution in [1.82, 2.24) is 9.55 Å². The van der Waals surface area contributed by atoms with Crippen LogP contribution in [-0.4, -0.2) is 33.2 Å². The summed E-state index contributed by atoms with van der Waals surface area (Å²) in [5, 5.41) is 10.8. The molecule has 1 N–H and O–H groups in total. The van der Waals surface area contributed by atoms with E-state index >= 15 is 0 Å². The fraction of sp³-hybridized carbons (Fsp3) is 0.385. The number of ether oxygens (including phenoxy) is 1. The molecule has 2 aromatic rings. The second-order valence-corrected chi connectivity index (χ2v) is 5.69. The SMILES string of the molecule is CCOC(=O)c1csc2ncn(C(C)(C)C(=O)O)c(=O)c12. The van der Waals surface area contributed by atoms with E-state index in [-0.39, 0.29) is 17.6 Å². The molecule has 0 bridgehead atoms. The Morgan fingerprint density at radius 2 is 2.14 bits per heavy atom. The third-order valence-corrected chi connectivity index (χ3v) is 4.00. The number of aromatic nitrogens is 2. The van der Waals surface area contributed by atoms with Gasteiger partial charge in [0.05, 0.1) is 17.6 Å². The zero-order valence-corrected chi connectivity index (χ0v) is 12.6. The predicted octanol–water partition coefficient (Wildman–Crippen LogP) is 1.45. The largest absolute Gasteiger partial charge is 0.480 e. The highest BCUT2D eigenvalue weighted by atomic mass is 32.1. The molecule has 112 valence electrons. The number of hydrogen-bond acceptors (Lipinski definition) is 6. The minimum Gasteiger partial charge on any atom is -0.480 e. The smallest absolute Gasteiger partial charge is 0.339 e. The summed E-state index contributed by atoms with van der Waals surface area (Å²) in [6.45, 7) is 4.63. The van der Waals surface area contributed by atoms with Gasteiger partial charge < -0.3 is 9.84 Å². The molecule has 0 radical (unpaired) electrons. The van der Waals surface area contributed by atoms with E-state index in [9.17, 15) is 19.5 Å². The maximum absolute atomic E-state index is 12.5. The molecular weight excluding hydrogens is 296 g/mol. The molecule has 2 heterocycles. The van der Waals surface area contributed by atoms with Crippen LogP contribution in [0.4, 0.5) is 0 Å². The number of fused-ring (bicyclic) bond motifs is 1. The van der Waals surface area contributed by atoms with Gasteiger partial charge in [0.25, 0.3) is 5.56 Å². The van der Waals surface area contributed by atoms with E-state index in [1.165, 1.54) is 25.6 Å². The van der Waals surface area contributed by atoms with E-state index < -0.39 is 23.0 Å². The van der Waals surface area contributed by atoms with Gasteiger partial charge in [0.15, 0.2) is 0 Å². The average Bonchev–Trinajstić information content (AvgIpc) is 2.83. The molecule has 7 nitrogen and oxygen atoms in total. The van der Waals surface area contributed by atoms with Crippen molar-refractivity contribution in [3.05, 3.63) is 27.6 Å². The zero-order chi connectivity index (χ0) is 15.8. The zero-order valence-electron chi connectivity index (χ0n) is 11.7. The second kappa shape index (κ2) is 5.28. The summed E-state index contributed by atoms with van der Waals surface area (Å²) in [6, 6.07) is 0. The Morgan fingerprint density at radius 3 is 2.71 bits per heavy atom. The molecule has 0 fully saturated rings. The molecule has 0 aliphatic carbocycles. The molecule has 0 spiro atoms. The van der Waals surface area contributed by atoms with Gasteiger partial charge in [0.2, 0.25) is 0 Å². The molecule has 0 unspecified atom stereocenters. The Balaban J connectivity index is 2.72. The van der Waals surface area contributed by atoms with Gasteiger partial charge in [-0.25, -0.2) is 14.6 Å². The predicted molar refractivity (Wildman–Crippen MR) is 76.8 cm³/mol. The number of hydrogen-bond donors (Lipinski definition) is 1. The molecule has 2 aromatic heterocycles. The van der Waals surface area contributed by atoms with Gasteiger partial charge in [-0.15, -0.1) is 11.3 Å². The maximum Gasteiger partial charge on any atom is 0.339 e. The first-order chi connectivity index (χ1) is 9.80. The number of carbonyl (C=O) groups excluding carboxylic acids is 1. The Kier molecular flexibility index (Phi) is 3.82. The highest BCUT2D eigenvalue weighted by Crippen LogP contribution is 2.23. The lowest BCUT2D eigenvalue weighted by atomic mass is 10.1. The molecular formula is C13H14N2O5S. The van der Waals surface area contributed by atoms with Gasteiger partial charge >= 0.3 is 11.9 Å². The average molecular weight is 310 g/mol. The molecule has 0 saturated carbocycles. The summed E-state index contributed by atoms with van der Waals surface area (Å²) in [5.74, 6) is -1.79. The van der Waals surface area contributed by atoms with Crippen LogP contribution in [0.1, 0.15) is 31.1 Å². The van der Waals surface area contributed by atoms with Crippen molar-refractivity contribution >= 4 is 33.5 Å². The standard InChI is InChI=1S/C13H14N2O5S/c1-4-20-11(17)7-5-21-9-8(7)10(16)15(6-14-9)13(2,3)12(18)19/h5-6H,4H2,1-3H3,(H,18,19). The Hall–Kier alpha value is -2.22. The summed E-state index contributed by atoms with van der Waals surface area (Å²) < 4.78 is 5.90. The highest BCUT2D eigenvalue weighted by molar-refractivity contribution is 7.17. The molecule has 2 rings (SSSR count). The van der Waals surface area contributed by atoms with Crippen molar-refractivity contribution in [2.75, 3.05) is 6.61 Å². The van der Waals surface area contributed by atoms with Gasteiger partial charge in [-0.2, -0.15) is 0 Å². The first-order valence-electron chi connectivity index (χ1n) is 6.20. The number of thiophene rings is 1. The van der Waals surface area contributed by atoms with Crippen LogP contribution in [-0.2, 0) is 15.1 Å². The third kappa shape index (κ3) is 2.42. The number of esters is 1. The van der Waals surface area contributed by atoms with Crippen molar-refractivity contribution in [2.24, 2.45) is 0 Å². The van der Waals surface area contributed by atoms with E-state index in [1.54, 1.807) is 6.92 Å². The van der Waals surface area contributed by atoms with E-state index in [4.69, 9.17) is 4.74 Å². The topological polar surface area (TPSA) is 98.5 Å². The molecule has 0 amide bonds. The summed E-state index contributed by atoms with van der Waals surface area (Å²) in [7, 11) is 0. The van der Waals surface area contributed by atoms with Crippen LogP contribution in [0.3, 0.4) is 0 Å². The number of carboxylic acids is 1. The Labute approximate surface area is 123 Å². The lowest BCUT2D eigenvalue weighted by molar-refractivity contribution is -0.145. The Morgan fingerprint density at radius 1 is 1.48 bits per heavy atom. The van der Waals surface area contributed by atoms with Gasteiger partial charge in [-0.05, 0) is 20.8 Å². The molecule has 0 aliphatic rings. The Bertz CT molecular complexity index is 774. The second-order valence-electron chi connectivity index (χ2n) is 4.83. The summed E-state index contributed by atoms with van der Waals surface area (Å²) in [4.78, 5) is 40.1. The minimum absolute atomic E-state index is 0.0928. The van der Waals surface area contributed by atoms with Crippen LogP contribution in [0.25, 0.3) is 10.2 Å². The van der Waals surface area contributed by atoms with E-state index in [2.05, 4.69) is 4.98 Å². The van der Waals surface area contributed by atoms with Crippen LogP contribution in [0.15, 0.2) is 16.5 Å². The molecule has 0 saturated heterocycles. The quantitative estimate of drug-likeness (QED) is 0.858. The lowest BCUT2D eigenvalue weighted by Crippen LogP contribution is -2.42. The number of aliphatic carboxylic acids is 1. The minimum atomic E-state index is -1.47. The summed E-state index contributed by atoms with van der Waals surface area (Å²) in [5.41, 5.74) is -1.92. The number of nitrogens with zero attached hydrogens (tertiary/aromatic N) is 2. The first kappa shape index (κ1) is 15.2. The van der Waals surface area contributed by atoms with Crippen LogP contribution < -0.4 is 5.56 Å². The summed E-state index contributed by atoms with van der Waals surface area (Å²) >= 11 is 1.14. The van der Waals surface area contributed by atoms with Crippen molar-refractivity contribution < 1.29 is 19.4 Å². The summed E-state index contributed by atoms with van der Waals surface area (Å²) in [6.07, 6.45) is 1.18. The van der Waals surface area contributed by atoms with E-state index in [1.807, 2.05) is 0 Å². The van der Waals surface area contributed by atoms with Gasteiger partial charge in [0.1, 0.15) is 16.7 Å². The van der Waals surface area contributed by atoms with Crippen LogP contribution in [0.5, 0.6) is 0 Å². The molecule has 0 aromatic carbocycles. The molecule has 8 heteroatoms.